The van der Waals surface area contributed by atoms with Gasteiger partial charge in [0, 0.05) is 42.7 Å². The third-order valence-corrected chi connectivity index (χ3v) is 4.38. The Hall–Kier alpha value is -1.92. The van der Waals surface area contributed by atoms with Crippen LogP contribution in [-0.4, -0.2) is 42.0 Å². The van der Waals surface area contributed by atoms with Gasteiger partial charge in [-0.15, -0.1) is 11.3 Å². The third kappa shape index (κ3) is 3.06. The van der Waals surface area contributed by atoms with E-state index in [-0.39, 0.29) is 5.91 Å². The molecule has 1 amide bonds. The van der Waals surface area contributed by atoms with Crippen LogP contribution in [0.5, 0.6) is 5.75 Å². The molecule has 1 aliphatic rings. The molecule has 1 saturated heterocycles. The molecule has 0 bridgehead atoms. The average molecular weight is 303 g/mol. The zero-order valence-electron chi connectivity index (χ0n) is 11.6. The molecule has 3 rings (SSSR count). The number of hydrogen-bond donors (Lipinski definition) is 1. The molecule has 110 valence electrons. The molecule has 0 spiro atoms. The van der Waals surface area contributed by atoms with Crippen molar-refractivity contribution >= 4 is 17.2 Å². The topological polar surface area (TPSA) is 68.5 Å². The summed E-state index contributed by atoms with van der Waals surface area (Å²) in [5, 5.41) is 3.08. The summed E-state index contributed by atoms with van der Waals surface area (Å²) >= 11 is 1.65. The van der Waals surface area contributed by atoms with Gasteiger partial charge in [0.2, 0.25) is 0 Å². The van der Waals surface area contributed by atoms with Crippen molar-refractivity contribution in [3.05, 3.63) is 46.4 Å². The van der Waals surface area contributed by atoms with Gasteiger partial charge in [-0.25, -0.2) is 4.98 Å². The Bertz CT molecular complexity index is 609. The second kappa shape index (κ2) is 6.24. The largest absolute Gasteiger partial charge is 0.492 e. The highest BCUT2D eigenvalue weighted by Crippen LogP contribution is 2.29. The first-order valence-corrected chi connectivity index (χ1v) is 7.77. The first-order chi connectivity index (χ1) is 10.3. The van der Waals surface area contributed by atoms with Crippen LogP contribution in [0.4, 0.5) is 0 Å². The highest BCUT2D eigenvalue weighted by atomic mass is 32.1. The number of nitrogens with zero attached hydrogens (tertiary/aromatic N) is 2. The van der Waals surface area contributed by atoms with Gasteiger partial charge in [-0.05, 0) is 18.2 Å². The van der Waals surface area contributed by atoms with Crippen LogP contribution >= 0.6 is 11.3 Å². The van der Waals surface area contributed by atoms with Crippen molar-refractivity contribution in [1.82, 2.24) is 9.88 Å². The zero-order valence-corrected chi connectivity index (χ0v) is 12.4. The Labute approximate surface area is 127 Å². The summed E-state index contributed by atoms with van der Waals surface area (Å²) in [4.78, 5) is 18.5. The van der Waals surface area contributed by atoms with Gasteiger partial charge in [-0.2, -0.15) is 0 Å². The van der Waals surface area contributed by atoms with Crippen LogP contribution in [0, 0.1) is 0 Å². The Kier molecular flexibility index (Phi) is 4.17. The number of benzene rings is 1. The number of ether oxygens (including phenoxy) is 1. The summed E-state index contributed by atoms with van der Waals surface area (Å²) in [6, 6.07) is 7.25. The third-order valence-electron chi connectivity index (χ3n) is 3.44. The summed E-state index contributed by atoms with van der Waals surface area (Å²) in [6.07, 6.45) is 1.81. The lowest BCUT2D eigenvalue weighted by Crippen LogP contribution is -2.48. The number of hydrogen-bond acceptors (Lipinski definition) is 5. The van der Waals surface area contributed by atoms with Gasteiger partial charge < -0.3 is 15.4 Å². The summed E-state index contributed by atoms with van der Waals surface area (Å²) in [6.45, 7) is 2.38. The number of rotatable bonds is 5. The molecule has 0 aliphatic carbocycles. The zero-order chi connectivity index (χ0) is 14.7. The normalized spacial score (nSPS) is 14.8. The summed E-state index contributed by atoms with van der Waals surface area (Å²) in [5.74, 6) is 1.11. The maximum absolute atomic E-state index is 12.4. The summed E-state index contributed by atoms with van der Waals surface area (Å²) in [7, 11) is 0. The average Bonchev–Trinajstić information content (AvgIpc) is 2.97. The molecule has 1 aromatic carbocycles. The molecule has 0 atom stereocenters. The van der Waals surface area contributed by atoms with Crippen LogP contribution in [0.15, 0.2) is 35.8 Å². The molecule has 2 aromatic rings. The van der Waals surface area contributed by atoms with Crippen LogP contribution in [0.1, 0.15) is 21.3 Å². The molecule has 0 saturated carbocycles. The molecule has 1 fully saturated rings. The first kappa shape index (κ1) is 14.0. The summed E-state index contributed by atoms with van der Waals surface area (Å²) < 4.78 is 5.45. The highest BCUT2D eigenvalue weighted by molar-refractivity contribution is 7.09. The molecule has 2 N–H and O–H groups in total. The van der Waals surface area contributed by atoms with Crippen molar-refractivity contribution in [2.45, 2.75) is 5.92 Å². The van der Waals surface area contributed by atoms with E-state index in [1.807, 2.05) is 34.7 Å². The fourth-order valence-electron chi connectivity index (χ4n) is 2.31. The van der Waals surface area contributed by atoms with Gasteiger partial charge >= 0.3 is 0 Å². The van der Waals surface area contributed by atoms with Gasteiger partial charge in [0.1, 0.15) is 12.4 Å². The van der Waals surface area contributed by atoms with Crippen LogP contribution < -0.4 is 10.5 Å². The predicted molar refractivity (Wildman–Crippen MR) is 81.7 cm³/mol. The molecule has 0 radical (unpaired) electrons. The number of carbonyl (C=O) groups excluding carboxylic acids is 1. The number of likely N-dealkylation sites (tertiary alicyclic amines) is 1. The lowest BCUT2D eigenvalue weighted by Gasteiger charge is -2.38. The van der Waals surface area contributed by atoms with Crippen molar-refractivity contribution < 1.29 is 9.53 Å². The van der Waals surface area contributed by atoms with E-state index in [1.54, 1.807) is 17.4 Å². The van der Waals surface area contributed by atoms with Crippen LogP contribution in [-0.2, 0) is 0 Å². The minimum atomic E-state index is 0.0426. The van der Waals surface area contributed by atoms with Gasteiger partial charge in [-0.3, -0.25) is 4.79 Å². The molecule has 1 aliphatic heterocycles. The van der Waals surface area contributed by atoms with E-state index in [0.29, 0.717) is 30.4 Å². The van der Waals surface area contributed by atoms with Crippen molar-refractivity contribution in [2.75, 3.05) is 26.2 Å². The molecule has 6 heteroatoms. The molecule has 0 unspecified atom stereocenters. The second-order valence-electron chi connectivity index (χ2n) is 4.94. The predicted octanol–water partition coefficient (Wildman–Crippen LogP) is 1.72. The van der Waals surface area contributed by atoms with Crippen LogP contribution in [0.2, 0.25) is 0 Å². The minimum Gasteiger partial charge on any atom is -0.492 e. The van der Waals surface area contributed by atoms with Gasteiger partial charge in [0.05, 0.1) is 5.01 Å². The summed E-state index contributed by atoms with van der Waals surface area (Å²) in [5.41, 5.74) is 6.06. The maximum Gasteiger partial charge on any atom is 0.254 e. The Balaban J connectivity index is 1.61. The van der Waals surface area contributed by atoms with E-state index in [9.17, 15) is 4.79 Å². The standard InChI is InChI=1S/C15H17N3O2S/c16-4-6-20-13-3-1-2-11(8-13)15(19)18-9-12(10-18)14-17-5-7-21-14/h1-3,5,7-8,12H,4,6,9-10,16H2. The van der Waals surface area contributed by atoms with Crippen LogP contribution in [0.3, 0.4) is 0 Å². The van der Waals surface area contributed by atoms with Gasteiger partial charge in [-0.1, -0.05) is 6.07 Å². The number of nitrogens with two attached hydrogens (primary N) is 1. The Morgan fingerprint density at radius 1 is 1.48 bits per heavy atom. The van der Waals surface area contributed by atoms with Crippen molar-refractivity contribution in [2.24, 2.45) is 5.73 Å². The van der Waals surface area contributed by atoms with E-state index >= 15 is 0 Å². The Morgan fingerprint density at radius 3 is 3.05 bits per heavy atom. The van der Waals surface area contributed by atoms with Gasteiger partial charge in [0.25, 0.3) is 5.91 Å². The molecule has 2 heterocycles. The highest BCUT2D eigenvalue weighted by Gasteiger charge is 2.33. The van der Waals surface area contributed by atoms with E-state index in [4.69, 9.17) is 10.5 Å². The molecular weight excluding hydrogens is 286 g/mol. The van der Waals surface area contributed by atoms with E-state index in [2.05, 4.69) is 4.98 Å². The van der Waals surface area contributed by atoms with Crippen molar-refractivity contribution in [3.8, 4) is 5.75 Å². The maximum atomic E-state index is 12.4. The quantitative estimate of drug-likeness (QED) is 0.913. The fourth-order valence-corrected chi connectivity index (χ4v) is 3.04. The molecule has 21 heavy (non-hydrogen) atoms. The minimum absolute atomic E-state index is 0.0426. The Morgan fingerprint density at radius 2 is 2.33 bits per heavy atom. The number of carbonyl (C=O) groups is 1. The molecular formula is C15H17N3O2S. The van der Waals surface area contributed by atoms with E-state index in [1.165, 1.54) is 0 Å². The molecule has 5 nitrogen and oxygen atoms in total. The van der Waals surface area contributed by atoms with Crippen molar-refractivity contribution in [1.29, 1.82) is 0 Å². The first-order valence-electron chi connectivity index (χ1n) is 6.89. The number of aromatic nitrogens is 1. The fraction of sp³-hybridized carbons (Fsp3) is 0.333. The number of amides is 1. The van der Waals surface area contributed by atoms with Crippen molar-refractivity contribution in [3.63, 3.8) is 0 Å². The monoisotopic (exact) mass is 303 g/mol. The number of thiazole rings is 1. The SMILES string of the molecule is NCCOc1cccc(C(=O)N2CC(c3nccs3)C2)c1. The van der Waals surface area contributed by atoms with E-state index in [0.717, 1.165) is 18.1 Å². The van der Waals surface area contributed by atoms with Gasteiger partial charge in [0.15, 0.2) is 0 Å². The van der Waals surface area contributed by atoms with E-state index < -0.39 is 0 Å². The molecule has 1 aromatic heterocycles. The second-order valence-corrected chi connectivity index (χ2v) is 5.87. The lowest BCUT2D eigenvalue weighted by molar-refractivity contribution is 0.0601. The lowest BCUT2D eigenvalue weighted by atomic mass is 9.99. The van der Waals surface area contributed by atoms with Crippen LogP contribution in [0.25, 0.3) is 0 Å². The smallest absolute Gasteiger partial charge is 0.254 e.